The van der Waals surface area contributed by atoms with Crippen LogP contribution in [0.15, 0.2) is 18.2 Å². The minimum atomic E-state index is -1.02. The molecule has 2 aromatic rings. The maximum Gasteiger partial charge on any atom is 0.323 e. The minimum Gasteiger partial charge on any atom is -0.480 e. The number of aliphatic carboxylic acids is 1. The molecule has 1 aliphatic heterocycles. The number of nitrogens with zero attached hydrogens (tertiary/aromatic N) is 2. The summed E-state index contributed by atoms with van der Waals surface area (Å²) >= 11 is 0. The Morgan fingerprint density at radius 1 is 1.39 bits per heavy atom. The monoisotopic (exact) mass is 318 g/mol. The van der Waals surface area contributed by atoms with Crippen LogP contribution in [0.2, 0.25) is 0 Å². The van der Waals surface area contributed by atoms with E-state index < -0.39 is 5.97 Å². The fourth-order valence-electron chi connectivity index (χ4n) is 3.25. The Morgan fingerprint density at radius 2 is 2.17 bits per heavy atom. The number of fused-ring (bicyclic) bond motifs is 3. The van der Waals surface area contributed by atoms with Crippen LogP contribution in [-0.2, 0) is 17.8 Å². The van der Waals surface area contributed by atoms with Crippen LogP contribution < -0.4 is 0 Å². The zero-order valence-electron chi connectivity index (χ0n) is 13.0. The van der Waals surface area contributed by atoms with E-state index in [1.165, 1.54) is 16.7 Å². The van der Waals surface area contributed by atoms with Gasteiger partial charge in [-0.1, -0.05) is 13.3 Å². The summed E-state index contributed by atoms with van der Waals surface area (Å²) in [6, 6.07) is 4.24. The molecule has 1 aromatic carbocycles. The lowest BCUT2D eigenvalue weighted by atomic mass is 10.0. The number of benzene rings is 1. The molecule has 23 heavy (non-hydrogen) atoms. The van der Waals surface area contributed by atoms with Crippen molar-refractivity contribution in [1.29, 1.82) is 0 Å². The van der Waals surface area contributed by atoms with Crippen molar-refractivity contribution < 1.29 is 19.1 Å². The molecule has 1 aromatic heterocycles. The number of aromatic nitrogens is 1. The van der Waals surface area contributed by atoms with E-state index in [0.717, 1.165) is 18.4 Å². The number of hydrogen-bond acceptors (Lipinski definition) is 2. The Morgan fingerprint density at radius 3 is 2.87 bits per heavy atom. The maximum atomic E-state index is 13.6. The standard InChI is InChI=1S/C17H19FN2O3/c1-2-3-7-19-8-6-12-13-9-11(18)4-5-14(13)20(10-15(21)22)16(12)17(19)23/h4-5,9H,2-3,6-8,10H2,1H3,(H,21,22). The summed E-state index contributed by atoms with van der Waals surface area (Å²) in [5, 5.41) is 9.82. The van der Waals surface area contributed by atoms with Crippen LogP contribution in [-0.4, -0.2) is 39.5 Å². The SMILES string of the molecule is CCCCN1CCc2c(n(CC(=O)O)c3ccc(F)cc23)C1=O. The van der Waals surface area contributed by atoms with Crippen molar-refractivity contribution in [2.75, 3.05) is 13.1 Å². The molecular weight excluding hydrogens is 299 g/mol. The van der Waals surface area contributed by atoms with Gasteiger partial charge in [0, 0.05) is 24.0 Å². The molecule has 0 spiro atoms. The first-order chi connectivity index (χ1) is 11.0. The van der Waals surface area contributed by atoms with Gasteiger partial charge < -0.3 is 14.6 Å². The summed E-state index contributed by atoms with van der Waals surface area (Å²) < 4.78 is 15.1. The lowest BCUT2D eigenvalue weighted by Crippen LogP contribution is -2.39. The van der Waals surface area contributed by atoms with Crippen LogP contribution in [0.25, 0.3) is 10.9 Å². The van der Waals surface area contributed by atoms with Gasteiger partial charge in [-0.15, -0.1) is 0 Å². The molecule has 1 aliphatic rings. The van der Waals surface area contributed by atoms with E-state index in [2.05, 4.69) is 6.92 Å². The van der Waals surface area contributed by atoms with Crippen molar-refractivity contribution in [2.24, 2.45) is 0 Å². The second kappa shape index (κ2) is 6.02. The average Bonchev–Trinajstić information content (AvgIpc) is 2.80. The van der Waals surface area contributed by atoms with Crippen LogP contribution in [0, 0.1) is 5.82 Å². The molecule has 5 nitrogen and oxygen atoms in total. The van der Waals surface area contributed by atoms with Gasteiger partial charge in [-0.25, -0.2) is 4.39 Å². The predicted octanol–water partition coefficient (Wildman–Crippen LogP) is 2.66. The molecule has 2 heterocycles. The molecule has 1 N–H and O–H groups in total. The fourth-order valence-corrected chi connectivity index (χ4v) is 3.25. The van der Waals surface area contributed by atoms with Crippen LogP contribution in [0.5, 0.6) is 0 Å². The summed E-state index contributed by atoms with van der Waals surface area (Å²) in [4.78, 5) is 25.8. The lowest BCUT2D eigenvalue weighted by molar-refractivity contribution is -0.137. The molecule has 0 aliphatic carbocycles. The number of carbonyl (C=O) groups is 2. The van der Waals surface area contributed by atoms with Gasteiger partial charge >= 0.3 is 5.97 Å². The highest BCUT2D eigenvalue weighted by molar-refractivity contribution is 6.03. The van der Waals surface area contributed by atoms with Gasteiger partial charge in [-0.2, -0.15) is 0 Å². The Hall–Kier alpha value is -2.37. The van der Waals surface area contributed by atoms with Crippen molar-refractivity contribution in [3.8, 4) is 0 Å². The summed E-state index contributed by atoms with van der Waals surface area (Å²) in [6.07, 6.45) is 2.52. The van der Waals surface area contributed by atoms with Gasteiger partial charge in [-0.05, 0) is 36.6 Å². The van der Waals surface area contributed by atoms with Crippen molar-refractivity contribution in [1.82, 2.24) is 9.47 Å². The second-order valence-electron chi connectivity index (χ2n) is 5.86. The van der Waals surface area contributed by atoms with Crippen molar-refractivity contribution in [3.05, 3.63) is 35.3 Å². The topological polar surface area (TPSA) is 62.5 Å². The third-order valence-corrected chi connectivity index (χ3v) is 4.33. The van der Waals surface area contributed by atoms with Crippen LogP contribution >= 0.6 is 0 Å². The molecular formula is C17H19FN2O3. The fraction of sp³-hybridized carbons (Fsp3) is 0.412. The normalized spacial score (nSPS) is 14.3. The number of halogens is 1. The highest BCUT2D eigenvalue weighted by Gasteiger charge is 2.31. The van der Waals surface area contributed by atoms with Crippen LogP contribution in [0.1, 0.15) is 35.8 Å². The zero-order chi connectivity index (χ0) is 16.6. The number of carboxylic acids is 1. The van der Waals surface area contributed by atoms with E-state index in [-0.39, 0.29) is 18.3 Å². The summed E-state index contributed by atoms with van der Waals surface area (Å²) in [5.41, 5.74) is 1.76. The number of unbranched alkanes of at least 4 members (excludes halogenated alkanes) is 1. The maximum absolute atomic E-state index is 13.6. The molecule has 122 valence electrons. The molecule has 0 fully saturated rings. The number of hydrogen-bond donors (Lipinski definition) is 1. The smallest absolute Gasteiger partial charge is 0.323 e. The molecule has 0 saturated carbocycles. The highest BCUT2D eigenvalue weighted by Crippen LogP contribution is 2.31. The quantitative estimate of drug-likeness (QED) is 0.922. The Kier molecular flexibility index (Phi) is 4.07. The molecule has 3 rings (SSSR count). The average molecular weight is 318 g/mol. The molecule has 0 radical (unpaired) electrons. The first-order valence-electron chi connectivity index (χ1n) is 7.84. The van der Waals surface area contributed by atoms with E-state index >= 15 is 0 Å². The zero-order valence-corrected chi connectivity index (χ0v) is 13.0. The number of carboxylic acid groups (broad SMARTS) is 1. The van der Waals surface area contributed by atoms with Crippen molar-refractivity contribution in [3.63, 3.8) is 0 Å². The number of carbonyl (C=O) groups excluding carboxylic acids is 1. The molecule has 0 atom stereocenters. The largest absolute Gasteiger partial charge is 0.480 e. The minimum absolute atomic E-state index is 0.155. The Bertz CT molecular complexity index is 782. The van der Waals surface area contributed by atoms with Gasteiger partial charge in [0.1, 0.15) is 18.1 Å². The van der Waals surface area contributed by atoms with Gasteiger partial charge in [0.2, 0.25) is 0 Å². The molecule has 0 saturated heterocycles. The highest BCUT2D eigenvalue weighted by atomic mass is 19.1. The van der Waals surface area contributed by atoms with Gasteiger partial charge in [-0.3, -0.25) is 9.59 Å². The van der Waals surface area contributed by atoms with E-state index in [1.807, 2.05) is 0 Å². The molecule has 0 bridgehead atoms. The lowest BCUT2D eigenvalue weighted by Gasteiger charge is -2.28. The first kappa shape index (κ1) is 15.5. The molecule has 1 amide bonds. The van der Waals surface area contributed by atoms with Crippen molar-refractivity contribution >= 4 is 22.8 Å². The van der Waals surface area contributed by atoms with Crippen LogP contribution in [0.3, 0.4) is 0 Å². The summed E-state index contributed by atoms with van der Waals surface area (Å²) in [7, 11) is 0. The van der Waals surface area contributed by atoms with E-state index in [9.17, 15) is 19.1 Å². The Labute approximate surface area is 133 Å². The first-order valence-corrected chi connectivity index (χ1v) is 7.84. The van der Waals surface area contributed by atoms with E-state index in [4.69, 9.17) is 0 Å². The third-order valence-electron chi connectivity index (χ3n) is 4.33. The summed E-state index contributed by atoms with van der Waals surface area (Å²) in [5.74, 6) is -1.56. The second-order valence-corrected chi connectivity index (χ2v) is 5.86. The predicted molar refractivity (Wildman–Crippen MR) is 84.0 cm³/mol. The van der Waals surface area contributed by atoms with E-state index in [1.54, 1.807) is 11.0 Å². The number of rotatable bonds is 5. The van der Waals surface area contributed by atoms with Gasteiger partial charge in [0.15, 0.2) is 0 Å². The third kappa shape index (κ3) is 2.69. The van der Waals surface area contributed by atoms with Crippen LogP contribution in [0.4, 0.5) is 4.39 Å². The molecule has 6 heteroatoms. The Balaban J connectivity index is 2.14. The van der Waals surface area contributed by atoms with Gasteiger partial charge in [0.05, 0.1) is 0 Å². The number of amides is 1. The summed E-state index contributed by atoms with van der Waals surface area (Å²) in [6.45, 7) is 3.02. The molecule has 0 unspecified atom stereocenters. The van der Waals surface area contributed by atoms with E-state index in [0.29, 0.717) is 36.1 Å². The van der Waals surface area contributed by atoms with Gasteiger partial charge in [0.25, 0.3) is 5.91 Å². The van der Waals surface area contributed by atoms with Crippen molar-refractivity contribution in [2.45, 2.75) is 32.7 Å².